The number of hydrogen-bond donors (Lipinski definition) is 1. The highest BCUT2D eigenvalue weighted by Gasteiger charge is 2.25. The first-order valence-corrected chi connectivity index (χ1v) is 10.6. The Morgan fingerprint density at radius 3 is 2.55 bits per heavy atom. The minimum absolute atomic E-state index is 0.0352. The lowest BCUT2D eigenvalue weighted by molar-refractivity contribution is -0.120. The molecular weight excluding hydrogens is 364 g/mol. The Bertz CT molecular complexity index is 816. The normalized spacial score (nSPS) is 18.2. The van der Waals surface area contributed by atoms with Gasteiger partial charge in [0.05, 0.1) is 12.5 Å². The summed E-state index contributed by atoms with van der Waals surface area (Å²) < 4.78 is 11.2. The van der Waals surface area contributed by atoms with E-state index in [2.05, 4.69) is 41.4 Å². The molecule has 0 radical (unpaired) electrons. The van der Waals surface area contributed by atoms with Crippen LogP contribution in [0, 0.1) is 5.92 Å². The first-order chi connectivity index (χ1) is 14.2. The SMILES string of the molecule is CC1CCN(C(CNC(=O)Cc2ccc3c(c2)OCCO3)c2ccccc2)CC1. The zero-order valence-electron chi connectivity index (χ0n) is 17.1. The minimum atomic E-state index is 0.0352. The Morgan fingerprint density at radius 1 is 1.07 bits per heavy atom. The predicted octanol–water partition coefficient (Wildman–Crippen LogP) is 3.59. The van der Waals surface area contributed by atoms with Crippen LogP contribution in [0.2, 0.25) is 0 Å². The van der Waals surface area contributed by atoms with Gasteiger partial charge in [0, 0.05) is 6.54 Å². The van der Waals surface area contributed by atoms with Crippen molar-refractivity contribution in [2.45, 2.75) is 32.2 Å². The van der Waals surface area contributed by atoms with Gasteiger partial charge in [-0.1, -0.05) is 43.3 Å². The molecule has 4 rings (SSSR count). The molecule has 0 bridgehead atoms. The van der Waals surface area contributed by atoms with E-state index in [1.165, 1.54) is 18.4 Å². The van der Waals surface area contributed by atoms with Crippen LogP contribution in [0.4, 0.5) is 0 Å². The highest BCUT2D eigenvalue weighted by Crippen LogP contribution is 2.31. The third kappa shape index (κ3) is 5.10. The van der Waals surface area contributed by atoms with Crippen molar-refractivity contribution in [2.75, 3.05) is 32.8 Å². The lowest BCUT2D eigenvalue weighted by Crippen LogP contribution is -2.42. The van der Waals surface area contributed by atoms with Crippen molar-refractivity contribution in [1.82, 2.24) is 10.2 Å². The molecule has 0 spiro atoms. The maximum atomic E-state index is 12.6. The number of fused-ring (bicyclic) bond motifs is 1. The molecule has 0 aliphatic carbocycles. The smallest absolute Gasteiger partial charge is 0.224 e. The number of benzene rings is 2. The van der Waals surface area contributed by atoms with Gasteiger partial charge >= 0.3 is 0 Å². The molecule has 29 heavy (non-hydrogen) atoms. The Balaban J connectivity index is 1.38. The standard InChI is InChI=1S/C24H30N2O3/c1-18-9-11-26(12-10-18)21(20-5-3-2-4-6-20)17-25-24(27)16-19-7-8-22-23(15-19)29-14-13-28-22/h2-8,15,18,21H,9-14,16-17H2,1H3,(H,25,27). The number of piperidine rings is 1. The number of ether oxygens (including phenoxy) is 2. The van der Waals surface area contributed by atoms with E-state index in [4.69, 9.17) is 9.47 Å². The highest BCUT2D eigenvalue weighted by atomic mass is 16.6. The molecule has 1 atom stereocenters. The van der Waals surface area contributed by atoms with Crippen molar-refractivity contribution in [3.63, 3.8) is 0 Å². The number of rotatable bonds is 6. The van der Waals surface area contributed by atoms with Gasteiger partial charge in [0.15, 0.2) is 11.5 Å². The van der Waals surface area contributed by atoms with Crippen LogP contribution in [0.3, 0.4) is 0 Å². The minimum Gasteiger partial charge on any atom is -0.486 e. The third-order valence-corrected chi connectivity index (χ3v) is 5.91. The van der Waals surface area contributed by atoms with Crippen molar-refractivity contribution in [1.29, 1.82) is 0 Å². The second kappa shape index (κ2) is 9.31. The van der Waals surface area contributed by atoms with Gasteiger partial charge in [-0.2, -0.15) is 0 Å². The van der Waals surface area contributed by atoms with Crippen molar-refractivity contribution < 1.29 is 14.3 Å². The fourth-order valence-electron chi connectivity index (χ4n) is 4.13. The van der Waals surface area contributed by atoms with Gasteiger partial charge in [-0.05, 0) is 55.1 Å². The van der Waals surface area contributed by atoms with Gasteiger partial charge in [-0.15, -0.1) is 0 Å². The number of likely N-dealkylation sites (tertiary alicyclic amines) is 1. The topological polar surface area (TPSA) is 50.8 Å². The van der Waals surface area contributed by atoms with E-state index in [9.17, 15) is 4.79 Å². The van der Waals surface area contributed by atoms with Crippen molar-refractivity contribution >= 4 is 5.91 Å². The molecule has 154 valence electrons. The zero-order chi connectivity index (χ0) is 20.1. The van der Waals surface area contributed by atoms with Crippen molar-refractivity contribution in [2.24, 2.45) is 5.92 Å². The summed E-state index contributed by atoms with van der Waals surface area (Å²) in [4.78, 5) is 15.2. The highest BCUT2D eigenvalue weighted by molar-refractivity contribution is 5.78. The summed E-state index contributed by atoms with van der Waals surface area (Å²) in [7, 11) is 0. The van der Waals surface area contributed by atoms with Gasteiger partial charge in [-0.3, -0.25) is 9.69 Å². The van der Waals surface area contributed by atoms with Crippen LogP contribution in [0.25, 0.3) is 0 Å². The van der Waals surface area contributed by atoms with E-state index in [1.807, 2.05) is 24.3 Å². The van der Waals surface area contributed by atoms with Crippen LogP contribution in [0.5, 0.6) is 11.5 Å². The molecule has 1 saturated heterocycles. The molecule has 1 unspecified atom stereocenters. The van der Waals surface area contributed by atoms with Gasteiger partial charge in [-0.25, -0.2) is 0 Å². The molecule has 0 saturated carbocycles. The summed E-state index contributed by atoms with van der Waals surface area (Å²) in [6, 6.07) is 16.5. The van der Waals surface area contributed by atoms with E-state index >= 15 is 0 Å². The first-order valence-electron chi connectivity index (χ1n) is 10.6. The molecule has 0 aromatic heterocycles. The average Bonchev–Trinajstić information content (AvgIpc) is 2.76. The zero-order valence-corrected chi connectivity index (χ0v) is 17.1. The second-order valence-electron chi connectivity index (χ2n) is 8.10. The van der Waals surface area contributed by atoms with Crippen LogP contribution < -0.4 is 14.8 Å². The van der Waals surface area contributed by atoms with Crippen LogP contribution in [0.1, 0.15) is 36.9 Å². The van der Waals surface area contributed by atoms with E-state index in [-0.39, 0.29) is 11.9 Å². The monoisotopic (exact) mass is 394 g/mol. The molecule has 2 aliphatic heterocycles. The number of nitrogens with one attached hydrogen (secondary N) is 1. The first kappa shape index (κ1) is 19.8. The maximum Gasteiger partial charge on any atom is 0.224 e. The molecule has 2 aliphatic rings. The molecule has 1 amide bonds. The Kier molecular flexibility index (Phi) is 6.35. The average molecular weight is 395 g/mol. The molecule has 1 fully saturated rings. The van der Waals surface area contributed by atoms with Crippen LogP contribution in [0.15, 0.2) is 48.5 Å². The molecule has 2 heterocycles. The van der Waals surface area contributed by atoms with Crippen LogP contribution in [-0.2, 0) is 11.2 Å². The Labute approximate surface area is 173 Å². The lowest BCUT2D eigenvalue weighted by Gasteiger charge is -2.37. The second-order valence-corrected chi connectivity index (χ2v) is 8.10. The van der Waals surface area contributed by atoms with E-state index in [1.54, 1.807) is 0 Å². The largest absolute Gasteiger partial charge is 0.486 e. The summed E-state index contributed by atoms with van der Waals surface area (Å²) in [6.45, 7) is 6.24. The summed E-state index contributed by atoms with van der Waals surface area (Å²) in [6.07, 6.45) is 2.78. The number of nitrogens with zero attached hydrogens (tertiary/aromatic N) is 1. The number of hydrogen-bond acceptors (Lipinski definition) is 4. The number of carbonyl (C=O) groups is 1. The number of amides is 1. The fraction of sp³-hybridized carbons (Fsp3) is 0.458. The molecular formula is C24H30N2O3. The van der Waals surface area contributed by atoms with Gasteiger partial charge in [0.2, 0.25) is 5.91 Å². The van der Waals surface area contributed by atoms with Crippen molar-refractivity contribution in [3.05, 3.63) is 59.7 Å². The quantitative estimate of drug-likeness (QED) is 0.814. The Hall–Kier alpha value is -2.53. The van der Waals surface area contributed by atoms with E-state index in [0.717, 1.165) is 36.1 Å². The molecule has 2 aromatic rings. The number of carbonyl (C=O) groups excluding carboxylic acids is 1. The van der Waals surface area contributed by atoms with Gasteiger partial charge < -0.3 is 14.8 Å². The van der Waals surface area contributed by atoms with Crippen LogP contribution >= 0.6 is 0 Å². The maximum absolute atomic E-state index is 12.6. The van der Waals surface area contributed by atoms with E-state index in [0.29, 0.717) is 26.2 Å². The summed E-state index contributed by atoms with van der Waals surface area (Å²) in [5.41, 5.74) is 2.21. The molecule has 5 heteroatoms. The molecule has 1 N–H and O–H groups in total. The van der Waals surface area contributed by atoms with Crippen LogP contribution in [-0.4, -0.2) is 43.7 Å². The predicted molar refractivity (Wildman–Crippen MR) is 113 cm³/mol. The molecule has 2 aromatic carbocycles. The van der Waals surface area contributed by atoms with Crippen molar-refractivity contribution in [3.8, 4) is 11.5 Å². The lowest BCUT2D eigenvalue weighted by atomic mass is 9.95. The van der Waals surface area contributed by atoms with E-state index < -0.39 is 0 Å². The third-order valence-electron chi connectivity index (χ3n) is 5.91. The van der Waals surface area contributed by atoms with Gasteiger partial charge in [0.25, 0.3) is 0 Å². The fourth-order valence-corrected chi connectivity index (χ4v) is 4.13. The van der Waals surface area contributed by atoms with Gasteiger partial charge in [0.1, 0.15) is 13.2 Å². The Morgan fingerprint density at radius 2 is 1.79 bits per heavy atom. The summed E-state index contributed by atoms with van der Waals surface area (Å²) >= 11 is 0. The summed E-state index contributed by atoms with van der Waals surface area (Å²) in [5, 5.41) is 3.17. The molecule has 5 nitrogen and oxygen atoms in total. The summed E-state index contributed by atoms with van der Waals surface area (Å²) in [5.74, 6) is 2.30.